The largest absolute Gasteiger partial charge is 0.351 e. The third-order valence-electron chi connectivity index (χ3n) is 2.08. The van der Waals surface area contributed by atoms with E-state index in [-0.39, 0.29) is 23.7 Å². The molecule has 9 nitrogen and oxygen atoms in total. The first-order valence-electron chi connectivity index (χ1n) is 5.55. The van der Waals surface area contributed by atoms with E-state index >= 15 is 0 Å². The fourth-order valence-corrected chi connectivity index (χ4v) is 2.40. The topological polar surface area (TPSA) is 126 Å². The third kappa shape index (κ3) is 5.22. The number of aromatic nitrogens is 3. The number of sulfone groups is 1. The minimum Gasteiger partial charge on any atom is -0.351 e. The zero-order valence-electron chi connectivity index (χ0n) is 11.4. The molecular weight excluding hydrogens is 270 g/mol. The fraction of sp³-hybridized carbons (Fsp3) is 0.667. The van der Waals surface area contributed by atoms with Gasteiger partial charge >= 0.3 is 0 Å². The van der Waals surface area contributed by atoms with Gasteiger partial charge in [-0.2, -0.15) is 15.0 Å². The lowest BCUT2D eigenvalue weighted by Crippen LogP contribution is -2.27. The van der Waals surface area contributed by atoms with Gasteiger partial charge in [-0.15, -0.1) is 0 Å². The van der Waals surface area contributed by atoms with E-state index < -0.39 is 9.84 Å². The van der Waals surface area contributed by atoms with Gasteiger partial charge in [-0.1, -0.05) is 0 Å². The van der Waals surface area contributed by atoms with Gasteiger partial charge in [0.2, 0.25) is 17.8 Å². The van der Waals surface area contributed by atoms with Crippen LogP contribution in [0.15, 0.2) is 0 Å². The van der Waals surface area contributed by atoms with Crippen molar-refractivity contribution in [2.24, 2.45) is 5.84 Å². The molecular formula is C9H19N7O2S. The van der Waals surface area contributed by atoms with E-state index in [0.29, 0.717) is 5.95 Å². The van der Waals surface area contributed by atoms with Gasteiger partial charge in [-0.05, 0) is 6.92 Å². The Balaban J connectivity index is 2.91. The van der Waals surface area contributed by atoms with Crippen LogP contribution in [0.25, 0.3) is 0 Å². The van der Waals surface area contributed by atoms with Crippen LogP contribution in [0.4, 0.5) is 17.8 Å². The molecule has 1 rings (SSSR count). The molecule has 10 heteroatoms. The Bertz CT molecular complexity index is 531. The number of rotatable bonds is 6. The first-order valence-corrected chi connectivity index (χ1v) is 7.61. The molecule has 0 aliphatic carbocycles. The van der Waals surface area contributed by atoms with Crippen molar-refractivity contribution >= 4 is 27.7 Å². The second kappa shape index (κ2) is 5.97. The molecule has 108 valence electrons. The van der Waals surface area contributed by atoms with Crippen LogP contribution in [-0.4, -0.2) is 55.5 Å². The molecule has 0 fully saturated rings. The Kier molecular flexibility index (Phi) is 4.84. The van der Waals surface area contributed by atoms with Gasteiger partial charge in [-0.3, -0.25) is 5.43 Å². The quantitative estimate of drug-likeness (QED) is 0.449. The van der Waals surface area contributed by atoms with Crippen molar-refractivity contribution in [1.82, 2.24) is 15.0 Å². The maximum atomic E-state index is 11.2. The highest BCUT2D eigenvalue weighted by atomic mass is 32.2. The molecule has 1 aromatic rings. The van der Waals surface area contributed by atoms with E-state index in [1.807, 2.05) is 0 Å². The van der Waals surface area contributed by atoms with Crippen LogP contribution in [0.1, 0.15) is 6.92 Å². The second-order valence-electron chi connectivity index (χ2n) is 4.46. The number of hydrogen-bond donors (Lipinski definition) is 3. The van der Waals surface area contributed by atoms with Crippen LogP contribution >= 0.6 is 0 Å². The molecule has 0 bridgehead atoms. The highest BCUT2D eigenvalue weighted by Gasteiger charge is 2.13. The van der Waals surface area contributed by atoms with E-state index in [0.717, 1.165) is 0 Å². The highest BCUT2D eigenvalue weighted by molar-refractivity contribution is 7.90. The number of nitrogens with one attached hydrogen (secondary N) is 2. The van der Waals surface area contributed by atoms with Gasteiger partial charge in [0.25, 0.3) is 0 Å². The molecule has 0 aliphatic heterocycles. The number of hydrogen-bond acceptors (Lipinski definition) is 9. The molecule has 0 spiro atoms. The average molecular weight is 289 g/mol. The van der Waals surface area contributed by atoms with Crippen molar-refractivity contribution in [2.45, 2.75) is 13.0 Å². The lowest BCUT2D eigenvalue weighted by atomic mass is 10.4. The van der Waals surface area contributed by atoms with E-state index in [1.54, 1.807) is 25.9 Å². The van der Waals surface area contributed by atoms with Gasteiger partial charge < -0.3 is 10.2 Å². The molecule has 0 saturated carbocycles. The minimum absolute atomic E-state index is 0.0125. The van der Waals surface area contributed by atoms with Crippen molar-refractivity contribution in [2.75, 3.05) is 41.7 Å². The predicted octanol–water partition coefficient (Wildman–Crippen LogP) is -0.932. The van der Waals surface area contributed by atoms with Crippen molar-refractivity contribution in [3.63, 3.8) is 0 Å². The molecule has 19 heavy (non-hydrogen) atoms. The van der Waals surface area contributed by atoms with Crippen molar-refractivity contribution in [3.8, 4) is 0 Å². The van der Waals surface area contributed by atoms with E-state index in [4.69, 9.17) is 5.84 Å². The fourth-order valence-electron chi connectivity index (χ4n) is 1.41. The third-order valence-corrected chi connectivity index (χ3v) is 3.19. The monoisotopic (exact) mass is 289 g/mol. The summed E-state index contributed by atoms with van der Waals surface area (Å²) in [7, 11) is 0.484. The number of hydrazine groups is 1. The number of nitrogen functional groups attached to an aromatic ring is 1. The summed E-state index contributed by atoms with van der Waals surface area (Å²) >= 11 is 0. The Labute approximate surface area is 112 Å². The smallest absolute Gasteiger partial charge is 0.243 e. The lowest BCUT2D eigenvalue weighted by molar-refractivity contribution is 0.597. The maximum Gasteiger partial charge on any atom is 0.243 e. The van der Waals surface area contributed by atoms with E-state index in [2.05, 4.69) is 25.7 Å². The molecule has 0 aliphatic rings. The minimum atomic E-state index is -3.07. The van der Waals surface area contributed by atoms with Gasteiger partial charge in [0.1, 0.15) is 9.84 Å². The molecule has 0 amide bonds. The summed E-state index contributed by atoms with van der Waals surface area (Å²) in [5, 5.41) is 2.90. The second-order valence-corrected chi connectivity index (χ2v) is 6.64. The van der Waals surface area contributed by atoms with Crippen LogP contribution < -0.4 is 21.5 Å². The summed E-state index contributed by atoms with van der Waals surface area (Å²) in [5.41, 5.74) is 2.34. The summed E-state index contributed by atoms with van der Waals surface area (Å²) < 4.78 is 22.4. The summed E-state index contributed by atoms with van der Waals surface area (Å²) in [6, 6.07) is -0.321. The average Bonchev–Trinajstić information content (AvgIpc) is 2.25. The van der Waals surface area contributed by atoms with Crippen LogP contribution in [0.5, 0.6) is 0 Å². The van der Waals surface area contributed by atoms with Gasteiger partial charge in [-0.25, -0.2) is 14.3 Å². The summed E-state index contributed by atoms with van der Waals surface area (Å²) in [6.45, 7) is 1.73. The Morgan fingerprint density at radius 1 is 1.26 bits per heavy atom. The van der Waals surface area contributed by atoms with Crippen molar-refractivity contribution in [3.05, 3.63) is 0 Å². The van der Waals surface area contributed by atoms with E-state index in [1.165, 1.54) is 6.26 Å². The van der Waals surface area contributed by atoms with E-state index in [9.17, 15) is 8.42 Å². The summed E-state index contributed by atoms with van der Waals surface area (Å²) in [4.78, 5) is 13.9. The van der Waals surface area contributed by atoms with Crippen LogP contribution in [0.2, 0.25) is 0 Å². The highest BCUT2D eigenvalue weighted by Crippen LogP contribution is 2.11. The molecule has 1 unspecified atom stereocenters. The molecule has 0 radical (unpaired) electrons. The first kappa shape index (κ1) is 15.4. The Morgan fingerprint density at radius 3 is 2.32 bits per heavy atom. The van der Waals surface area contributed by atoms with Gasteiger partial charge in [0, 0.05) is 26.4 Å². The lowest BCUT2D eigenvalue weighted by Gasteiger charge is -2.16. The molecule has 1 atom stereocenters. The molecule has 4 N–H and O–H groups in total. The SMILES string of the molecule is CC(CS(C)(=O)=O)Nc1nc(NN)nc(N(C)C)n1. The summed E-state index contributed by atoms with van der Waals surface area (Å²) in [6.07, 6.45) is 1.18. The number of nitrogens with zero attached hydrogens (tertiary/aromatic N) is 4. The standard InChI is InChI=1S/C9H19N7O2S/c1-6(5-19(4,17)18)11-7-12-8(15-10)14-9(13-7)16(2)3/h6H,5,10H2,1-4H3,(H2,11,12,13,14,15). The Hall–Kier alpha value is -1.68. The summed E-state index contributed by atoms with van der Waals surface area (Å²) in [5.74, 6) is 6.14. The molecule has 1 heterocycles. The normalized spacial score (nSPS) is 12.9. The zero-order valence-corrected chi connectivity index (χ0v) is 12.2. The van der Waals surface area contributed by atoms with Crippen molar-refractivity contribution in [1.29, 1.82) is 0 Å². The first-order chi connectivity index (χ1) is 8.71. The predicted molar refractivity (Wildman–Crippen MR) is 74.8 cm³/mol. The maximum absolute atomic E-state index is 11.2. The molecule has 1 aromatic heterocycles. The van der Waals surface area contributed by atoms with Crippen LogP contribution in [0, 0.1) is 0 Å². The van der Waals surface area contributed by atoms with Gasteiger partial charge in [0.05, 0.1) is 5.75 Å². The number of nitrogens with two attached hydrogens (primary N) is 1. The van der Waals surface area contributed by atoms with Crippen LogP contribution in [0.3, 0.4) is 0 Å². The molecule has 0 saturated heterocycles. The van der Waals surface area contributed by atoms with Crippen LogP contribution in [-0.2, 0) is 9.84 Å². The Morgan fingerprint density at radius 2 is 1.84 bits per heavy atom. The molecule has 0 aromatic carbocycles. The number of anilines is 3. The van der Waals surface area contributed by atoms with Gasteiger partial charge in [0.15, 0.2) is 0 Å². The zero-order chi connectivity index (χ0) is 14.6. The van der Waals surface area contributed by atoms with Crippen molar-refractivity contribution < 1.29 is 8.42 Å².